The normalized spacial score (nSPS) is 22.7. The molecule has 2 rings (SSSR count). The van der Waals surface area contributed by atoms with Crippen molar-refractivity contribution in [3.63, 3.8) is 0 Å². The summed E-state index contributed by atoms with van der Waals surface area (Å²) in [4.78, 5) is 41.6. The van der Waals surface area contributed by atoms with Crippen LogP contribution in [0.1, 0.15) is 33.1 Å². The summed E-state index contributed by atoms with van der Waals surface area (Å²) in [6, 6.07) is 0.117. The van der Waals surface area contributed by atoms with Crippen LogP contribution >= 0.6 is 0 Å². The Kier molecular flexibility index (Phi) is 5.98. The van der Waals surface area contributed by atoms with Crippen molar-refractivity contribution in [2.45, 2.75) is 39.2 Å². The molecule has 0 aromatic carbocycles. The van der Waals surface area contributed by atoms with Gasteiger partial charge in [-0.25, -0.2) is 0 Å². The molecule has 1 unspecified atom stereocenters. The smallest absolute Gasteiger partial charge is 0.227 e. The predicted octanol–water partition coefficient (Wildman–Crippen LogP) is -0.313. The van der Waals surface area contributed by atoms with Crippen LogP contribution in [0.2, 0.25) is 0 Å². The van der Waals surface area contributed by atoms with Gasteiger partial charge in [-0.05, 0) is 20.3 Å². The molecule has 0 aromatic heterocycles. The Hall–Kier alpha value is -1.63. The number of rotatable bonds is 4. The van der Waals surface area contributed by atoms with Crippen molar-refractivity contribution < 1.29 is 19.5 Å². The molecule has 7 heteroatoms. The largest absolute Gasteiger partial charge is 0.396 e. The average Bonchev–Trinajstić information content (AvgIpc) is 2.54. The molecule has 0 saturated carbocycles. The van der Waals surface area contributed by atoms with E-state index in [-0.39, 0.29) is 42.7 Å². The van der Waals surface area contributed by atoms with E-state index in [0.29, 0.717) is 45.6 Å². The van der Waals surface area contributed by atoms with E-state index in [9.17, 15) is 14.4 Å². The van der Waals surface area contributed by atoms with Crippen LogP contribution in [0.15, 0.2) is 0 Å². The highest BCUT2D eigenvalue weighted by Crippen LogP contribution is 2.22. The zero-order chi connectivity index (χ0) is 17.0. The van der Waals surface area contributed by atoms with Crippen LogP contribution in [-0.4, -0.2) is 82.9 Å². The van der Waals surface area contributed by atoms with E-state index in [4.69, 9.17) is 5.11 Å². The van der Waals surface area contributed by atoms with Crippen LogP contribution in [0.5, 0.6) is 0 Å². The van der Waals surface area contributed by atoms with Gasteiger partial charge in [0, 0.05) is 51.6 Å². The third-order valence-corrected chi connectivity index (χ3v) is 4.69. The van der Waals surface area contributed by atoms with E-state index in [2.05, 4.69) is 0 Å². The number of carbonyl (C=O) groups excluding carboxylic acids is 3. The van der Waals surface area contributed by atoms with Crippen LogP contribution in [0.25, 0.3) is 0 Å². The van der Waals surface area contributed by atoms with Gasteiger partial charge < -0.3 is 19.8 Å². The van der Waals surface area contributed by atoms with Crippen molar-refractivity contribution in [3.8, 4) is 0 Å². The Morgan fingerprint density at radius 3 is 2.35 bits per heavy atom. The van der Waals surface area contributed by atoms with Crippen molar-refractivity contribution >= 4 is 17.7 Å². The van der Waals surface area contributed by atoms with Crippen LogP contribution in [0.4, 0.5) is 0 Å². The molecule has 2 heterocycles. The van der Waals surface area contributed by atoms with Gasteiger partial charge in [0.2, 0.25) is 17.7 Å². The number of hydrogen-bond donors (Lipinski definition) is 1. The highest BCUT2D eigenvalue weighted by atomic mass is 16.3. The average molecular weight is 325 g/mol. The second-order valence-electron chi connectivity index (χ2n) is 6.56. The van der Waals surface area contributed by atoms with E-state index >= 15 is 0 Å². The lowest BCUT2D eigenvalue weighted by Crippen LogP contribution is -2.54. The first kappa shape index (κ1) is 17.7. The number of piperidine rings is 1. The molecule has 7 nitrogen and oxygen atoms in total. The molecular formula is C16H27N3O4. The molecule has 0 spiro atoms. The fraction of sp³-hybridized carbons (Fsp3) is 0.812. The van der Waals surface area contributed by atoms with Crippen LogP contribution < -0.4 is 0 Å². The molecule has 2 aliphatic heterocycles. The third-order valence-electron chi connectivity index (χ3n) is 4.69. The molecule has 0 aliphatic carbocycles. The number of aliphatic hydroxyl groups excluding tert-OH is 1. The topological polar surface area (TPSA) is 81.2 Å². The van der Waals surface area contributed by atoms with E-state index in [1.54, 1.807) is 9.80 Å². The van der Waals surface area contributed by atoms with Gasteiger partial charge in [0.25, 0.3) is 0 Å². The molecule has 0 aromatic rings. The van der Waals surface area contributed by atoms with E-state index in [0.717, 1.165) is 0 Å². The highest BCUT2D eigenvalue weighted by molar-refractivity contribution is 5.84. The van der Waals surface area contributed by atoms with Crippen LogP contribution in [0, 0.1) is 5.92 Å². The summed E-state index contributed by atoms with van der Waals surface area (Å²) >= 11 is 0. The molecule has 0 bridgehead atoms. The maximum Gasteiger partial charge on any atom is 0.227 e. The van der Waals surface area contributed by atoms with Gasteiger partial charge in [0.05, 0.1) is 12.5 Å². The molecule has 0 radical (unpaired) electrons. The Bertz CT molecular complexity index is 458. The zero-order valence-electron chi connectivity index (χ0n) is 14.0. The highest BCUT2D eigenvalue weighted by Gasteiger charge is 2.35. The van der Waals surface area contributed by atoms with Gasteiger partial charge in [0.15, 0.2) is 0 Å². The van der Waals surface area contributed by atoms with Gasteiger partial charge in [-0.3, -0.25) is 14.4 Å². The summed E-state index contributed by atoms with van der Waals surface area (Å²) in [7, 11) is 0. The first-order valence-electron chi connectivity index (χ1n) is 8.41. The minimum atomic E-state index is -0.140. The summed E-state index contributed by atoms with van der Waals surface area (Å²) < 4.78 is 0. The number of hydrogen-bond acceptors (Lipinski definition) is 4. The quantitative estimate of drug-likeness (QED) is 0.768. The summed E-state index contributed by atoms with van der Waals surface area (Å²) in [5, 5.41) is 8.82. The summed E-state index contributed by atoms with van der Waals surface area (Å²) in [5.74, 6) is 0.0320. The molecule has 2 fully saturated rings. The fourth-order valence-corrected chi connectivity index (χ4v) is 3.26. The van der Waals surface area contributed by atoms with Crippen molar-refractivity contribution in [1.29, 1.82) is 0 Å². The fourth-order valence-electron chi connectivity index (χ4n) is 3.26. The standard InChI is InChI=1S/C16H27N3O4/c1-12(2)19-11-13(3-4-15(19)22)16(23)18-8-6-17(7-9-18)14(21)5-10-20/h12-13,20H,3-11H2,1-2H3. The molecule has 2 aliphatic rings. The van der Waals surface area contributed by atoms with Gasteiger partial charge in [-0.1, -0.05) is 0 Å². The second kappa shape index (κ2) is 7.77. The SMILES string of the molecule is CC(C)N1CC(C(=O)N2CCN(C(=O)CCO)CC2)CCC1=O. The van der Waals surface area contributed by atoms with Gasteiger partial charge >= 0.3 is 0 Å². The molecular weight excluding hydrogens is 298 g/mol. The first-order chi connectivity index (χ1) is 10.9. The number of amides is 3. The summed E-state index contributed by atoms with van der Waals surface area (Å²) in [6.45, 7) is 6.39. The van der Waals surface area contributed by atoms with Gasteiger partial charge in [-0.2, -0.15) is 0 Å². The first-order valence-corrected chi connectivity index (χ1v) is 8.41. The Morgan fingerprint density at radius 2 is 1.78 bits per heavy atom. The molecule has 2 saturated heterocycles. The van der Waals surface area contributed by atoms with Crippen LogP contribution in [0.3, 0.4) is 0 Å². The molecule has 23 heavy (non-hydrogen) atoms. The maximum absolute atomic E-state index is 12.7. The van der Waals surface area contributed by atoms with E-state index < -0.39 is 0 Å². The minimum Gasteiger partial charge on any atom is -0.396 e. The lowest BCUT2D eigenvalue weighted by Gasteiger charge is -2.40. The number of piperazine rings is 1. The Labute approximate surface area is 137 Å². The number of likely N-dealkylation sites (tertiary alicyclic amines) is 1. The van der Waals surface area contributed by atoms with Gasteiger partial charge in [-0.15, -0.1) is 0 Å². The number of carbonyl (C=O) groups is 3. The van der Waals surface area contributed by atoms with Crippen molar-refractivity contribution in [2.75, 3.05) is 39.3 Å². The Morgan fingerprint density at radius 1 is 1.17 bits per heavy atom. The third kappa shape index (κ3) is 4.22. The lowest BCUT2D eigenvalue weighted by molar-refractivity contribution is -0.147. The number of nitrogens with zero attached hydrogens (tertiary/aromatic N) is 3. The summed E-state index contributed by atoms with van der Waals surface area (Å²) in [6.07, 6.45) is 1.19. The van der Waals surface area contributed by atoms with E-state index in [1.807, 2.05) is 18.7 Å². The molecule has 1 N–H and O–H groups in total. The molecule has 3 amide bonds. The van der Waals surface area contributed by atoms with Crippen molar-refractivity contribution in [1.82, 2.24) is 14.7 Å². The summed E-state index contributed by atoms with van der Waals surface area (Å²) in [5.41, 5.74) is 0. The lowest BCUT2D eigenvalue weighted by atomic mass is 9.94. The molecule has 1 atom stereocenters. The van der Waals surface area contributed by atoms with Crippen molar-refractivity contribution in [3.05, 3.63) is 0 Å². The number of aliphatic hydroxyl groups is 1. The van der Waals surface area contributed by atoms with E-state index in [1.165, 1.54) is 0 Å². The van der Waals surface area contributed by atoms with Gasteiger partial charge in [0.1, 0.15) is 0 Å². The second-order valence-corrected chi connectivity index (χ2v) is 6.56. The monoisotopic (exact) mass is 325 g/mol. The molecule has 130 valence electrons. The Balaban J connectivity index is 1.87. The maximum atomic E-state index is 12.7. The zero-order valence-corrected chi connectivity index (χ0v) is 14.0. The predicted molar refractivity (Wildman–Crippen MR) is 84.4 cm³/mol. The van der Waals surface area contributed by atoms with Crippen molar-refractivity contribution in [2.24, 2.45) is 5.92 Å². The van der Waals surface area contributed by atoms with Crippen LogP contribution in [-0.2, 0) is 14.4 Å². The minimum absolute atomic E-state index is 0.0613.